The van der Waals surface area contributed by atoms with Crippen LogP contribution in [0.25, 0.3) is 10.9 Å². The fourth-order valence-electron chi connectivity index (χ4n) is 8.84. The van der Waals surface area contributed by atoms with Crippen LogP contribution in [0.1, 0.15) is 105 Å². The number of carboxylic acids is 2. The molecule has 0 fully saturated rings. The molecule has 536 valence electrons. The van der Waals surface area contributed by atoms with Crippen molar-refractivity contribution in [3.05, 3.63) is 36.0 Å². The number of rotatable bonds is 44. The molecular weight excluding hydrogens is 1280 g/mol. The van der Waals surface area contributed by atoms with Crippen LogP contribution in [-0.4, -0.2) is 227 Å². The van der Waals surface area contributed by atoms with Crippen LogP contribution < -0.4 is 80.6 Å². The summed E-state index contributed by atoms with van der Waals surface area (Å²) in [6.07, 6.45) is -3.97. The van der Waals surface area contributed by atoms with E-state index in [-0.39, 0.29) is 38.5 Å². The molecule has 0 saturated heterocycles. The van der Waals surface area contributed by atoms with Gasteiger partial charge in [0, 0.05) is 56.3 Å². The summed E-state index contributed by atoms with van der Waals surface area (Å²) in [6, 6.07) is -10.0. The van der Waals surface area contributed by atoms with Crippen LogP contribution in [0.4, 0.5) is 0 Å². The second-order valence-electron chi connectivity index (χ2n) is 22.2. The zero-order valence-electron chi connectivity index (χ0n) is 54.5. The normalized spacial score (nSPS) is 14.6. The summed E-state index contributed by atoms with van der Waals surface area (Å²) in [5.74, 6) is -19.9. The van der Waals surface area contributed by atoms with Gasteiger partial charge in [-0.1, -0.05) is 45.4 Å². The fraction of sp³-hybridized carbons (Fsp3) is 0.559. The Morgan fingerprint density at radius 1 is 0.567 bits per heavy atom. The van der Waals surface area contributed by atoms with Crippen LogP contribution in [0.3, 0.4) is 0 Å². The number of fused-ring (bicyclic) bond motifs is 1. The van der Waals surface area contributed by atoms with Crippen LogP contribution in [0.5, 0.6) is 0 Å². The molecular formula is C59H88N16O22. The Morgan fingerprint density at radius 2 is 1.10 bits per heavy atom. The standard InChI is InChI=1S/C59H88N16O22/c1-8-28(3)48(74-53(90)35(16-17-46(83)84)70-57(94)40(27-77)69-45(82)26-64-52(89)39(23-47(85)86)72-51(88)30(5)67-50(87)29(4)66-43(80)15-12-19-60)59(96)97-31(6)49(58(95)65-25-44(81)62-7)75-54(91)36(18-20-76)71-56(93)38(22-41(61)78)73-55(92)37(68-42(79)9-2)21-32-24-63-34-14-11-10-13-33(32)34/h10-11,13-14,20,24,28-31,35-40,48-49,63,77H,8-9,12,15-19,21-23,25-27,60H2,1-7H3,(H2,61,78)(H,62,81)(H,64,89)(H,65,95)(H,66,80)(H,67,87)(H,68,79)(H,69,82)(H,70,94)(H,71,93)(H,72,88)(H,73,92)(H,74,90)(H,75,91)(H,83,84)(H,85,86). The molecule has 38 heteroatoms. The van der Waals surface area contributed by atoms with Crippen LogP contribution in [0.15, 0.2) is 30.5 Å². The minimum atomic E-state index is -2.01. The van der Waals surface area contributed by atoms with E-state index in [1.54, 1.807) is 37.4 Å². The molecule has 14 amide bonds. The van der Waals surface area contributed by atoms with Crippen LogP contribution in [0.2, 0.25) is 0 Å². The van der Waals surface area contributed by atoms with E-state index >= 15 is 0 Å². The topological polar surface area (TPSA) is 601 Å². The molecule has 0 aliphatic heterocycles. The third-order valence-electron chi connectivity index (χ3n) is 14.6. The summed E-state index contributed by atoms with van der Waals surface area (Å²) < 4.78 is 5.63. The van der Waals surface area contributed by atoms with Crippen molar-refractivity contribution in [2.75, 3.05) is 33.3 Å². The summed E-state index contributed by atoms with van der Waals surface area (Å²) >= 11 is 0. The van der Waals surface area contributed by atoms with Crippen molar-refractivity contribution in [3.8, 4) is 0 Å². The lowest BCUT2D eigenvalue weighted by Crippen LogP contribution is -2.61. The van der Waals surface area contributed by atoms with Crippen molar-refractivity contribution < 1.29 is 106 Å². The molecule has 12 atom stereocenters. The predicted octanol–water partition coefficient (Wildman–Crippen LogP) is -7.50. The van der Waals surface area contributed by atoms with Gasteiger partial charge in [-0.3, -0.25) is 76.7 Å². The number of aromatic amines is 1. The number of carbonyl (C=O) groups is 18. The number of aliphatic hydroxyl groups is 1. The van der Waals surface area contributed by atoms with Gasteiger partial charge in [0.25, 0.3) is 0 Å². The van der Waals surface area contributed by atoms with Gasteiger partial charge in [-0.2, -0.15) is 0 Å². The number of nitrogens with two attached hydrogens (primary N) is 2. The molecule has 38 nitrogen and oxygen atoms in total. The quantitative estimate of drug-likeness (QED) is 0.0216. The molecule has 0 radical (unpaired) electrons. The van der Waals surface area contributed by atoms with Crippen molar-refractivity contribution in [1.29, 1.82) is 0 Å². The molecule has 0 saturated carbocycles. The summed E-state index contributed by atoms with van der Waals surface area (Å²) in [5, 5.41) is 59.2. The molecule has 0 bridgehead atoms. The number of aliphatic hydroxyl groups excluding tert-OH is 1. The van der Waals surface area contributed by atoms with Gasteiger partial charge < -0.3 is 110 Å². The molecule has 12 unspecified atom stereocenters. The highest BCUT2D eigenvalue weighted by atomic mass is 16.5. The van der Waals surface area contributed by atoms with Gasteiger partial charge in [-0.05, 0) is 57.7 Å². The van der Waals surface area contributed by atoms with E-state index in [0.717, 1.165) is 6.92 Å². The van der Waals surface area contributed by atoms with Crippen LogP contribution in [0, 0.1) is 5.92 Å². The Morgan fingerprint density at radius 3 is 1.70 bits per heavy atom. The summed E-state index contributed by atoms with van der Waals surface area (Å²) in [7, 11) is 1.23. The molecule has 97 heavy (non-hydrogen) atoms. The number of amides is 14. The van der Waals surface area contributed by atoms with E-state index in [1.807, 2.05) is 0 Å². The first-order valence-electron chi connectivity index (χ1n) is 30.7. The molecule has 1 aromatic heterocycles. The number of aliphatic carboxylic acids is 2. The van der Waals surface area contributed by atoms with Gasteiger partial charge in [-0.15, -0.1) is 0 Å². The number of likely N-dealkylation sites (N-methyl/N-ethyl adjacent to an activating group) is 1. The number of aldehydes is 1. The third-order valence-corrected chi connectivity index (χ3v) is 14.6. The maximum absolute atomic E-state index is 14.2. The minimum absolute atomic E-state index is 0.0225. The Balaban J connectivity index is 2.35. The summed E-state index contributed by atoms with van der Waals surface area (Å²) in [6.45, 7) is 5.38. The number of primary amides is 1. The minimum Gasteiger partial charge on any atom is -0.481 e. The monoisotopic (exact) mass is 1370 g/mol. The Bertz CT molecular complexity index is 3180. The molecule has 2 rings (SSSR count). The molecule has 1 heterocycles. The van der Waals surface area contributed by atoms with Gasteiger partial charge in [0.15, 0.2) is 0 Å². The van der Waals surface area contributed by atoms with Crippen LogP contribution in [-0.2, 0) is 97.5 Å². The van der Waals surface area contributed by atoms with E-state index in [1.165, 1.54) is 34.7 Å². The van der Waals surface area contributed by atoms with Gasteiger partial charge in [0.2, 0.25) is 82.7 Å². The highest BCUT2D eigenvalue weighted by molar-refractivity contribution is 6.00. The Hall–Kier alpha value is -10.7. The lowest BCUT2D eigenvalue weighted by molar-refractivity contribution is -0.157. The highest BCUT2D eigenvalue weighted by Gasteiger charge is 2.39. The van der Waals surface area contributed by atoms with Gasteiger partial charge in [0.05, 0.1) is 32.5 Å². The van der Waals surface area contributed by atoms with Crippen molar-refractivity contribution in [3.63, 3.8) is 0 Å². The van der Waals surface area contributed by atoms with Crippen molar-refractivity contribution in [1.82, 2.24) is 74.1 Å². The average molecular weight is 1370 g/mol. The lowest BCUT2D eigenvalue weighted by Gasteiger charge is -2.30. The van der Waals surface area contributed by atoms with Crippen LogP contribution >= 0.6 is 0 Å². The van der Waals surface area contributed by atoms with E-state index in [2.05, 4.69) is 74.1 Å². The van der Waals surface area contributed by atoms with Crippen molar-refractivity contribution in [2.45, 2.75) is 172 Å². The van der Waals surface area contributed by atoms with E-state index in [9.17, 15) is 102 Å². The number of ether oxygens (including phenoxy) is 1. The lowest BCUT2D eigenvalue weighted by atomic mass is 9.98. The van der Waals surface area contributed by atoms with E-state index in [0.29, 0.717) is 22.9 Å². The SMILES string of the molecule is CCC(=O)NC(Cc1c[nH]c2ccccc12)C(=O)NC(CC(N)=O)C(=O)NC(CC=O)C(=O)NC(C(=O)NCC(=O)NC)C(C)OC(=O)C(NC(=O)C(CCC(=O)O)NC(=O)C(CO)NC(=O)CNC(=O)C(CC(=O)O)NC(=O)C(C)NC(=O)C(C)NC(=O)CCCN)C(C)CC. The second kappa shape index (κ2) is 41.9. The number of nitrogens with one attached hydrogen (secondary N) is 14. The molecule has 21 N–H and O–H groups in total. The highest BCUT2D eigenvalue weighted by Crippen LogP contribution is 2.20. The largest absolute Gasteiger partial charge is 0.481 e. The Kier molecular flexibility index (Phi) is 35.6. The zero-order valence-corrected chi connectivity index (χ0v) is 54.5. The second-order valence-corrected chi connectivity index (χ2v) is 22.2. The number of esters is 1. The zero-order chi connectivity index (χ0) is 73.2. The number of benzene rings is 1. The number of aromatic nitrogens is 1. The van der Waals surface area contributed by atoms with E-state index in [4.69, 9.17) is 16.2 Å². The first-order valence-corrected chi connectivity index (χ1v) is 30.7. The summed E-state index contributed by atoms with van der Waals surface area (Å²) in [5.41, 5.74) is 12.1. The average Bonchev–Trinajstić information content (AvgIpc) is 2.01. The van der Waals surface area contributed by atoms with Gasteiger partial charge in [-0.25, -0.2) is 4.79 Å². The molecule has 2 aromatic rings. The number of carboxylic acid groups (broad SMARTS) is 2. The number of H-pyrrole nitrogens is 1. The number of hydrogen-bond donors (Lipinski definition) is 19. The molecule has 1 aromatic carbocycles. The number of hydrogen-bond acceptors (Lipinski definition) is 21. The van der Waals surface area contributed by atoms with Gasteiger partial charge >= 0.3 is 17.9 Å². The van der Waals surface area contributed by atoms with Crippen molar-refractivity contribution in [2.24, 2.45) is 17.4 Å². The number of para-hydroxylation sites is 1. The Labute approximate surface area is 555 Å². The number of carbonyl (C=O) groups excluding carboxylic acids is 16. The van der Waals surface area contributed by atoms with Crippen molar-refractivity contribution >= 4 is 118 Å². The third kappa shape index (κ3) is 28.8. The molecule has 0 spiro atoms. The first kappa shape index (κ1) is 82.4. The first-order chi connectivity index (χ1) is 45.7. The maximum atomic E-state index is 14.2. The van der Waals surface area contributed by atoms with Gasteiger partial charge in [0.1, 0.15) is 72.8 Å². The predicted molar refractivity (Wildman–Crippen MR) is 337 cm³/mol. The molecule has 0 aliphatic carbocycles. The molecule has 0 aliphatic rings. The smallest absolute Gasteiger partial charge is 0.329 e. The fourth-order valence-corrected chi connectivity index (χ4v) is 8.84. The maximum Gasteiger partial charge on any atom is 0.329 e. The summed E-state index contributed by atoms with van der Waals surface area (Å²) in [4.78, 5) is 237. The van der Waals surface area contributed by atoms with E-state index < -0.39 is 225 Å².